The third kappa shape index (κ3) is 6.77. The van der Waals surface area contributed by atoms with Crippen molar-refractivity contribution in [2.24, 2.45) is 0 Å². The zero-order valence-electron chi connectivity index (χ0n) is 7.18. The van der Waals surface area contributed by atoms with Crippen molar-refractivity contribution < 1.29 is 5.11 Å². The molecule has 0 bridgehead atoms. The molecule has 1 unspecified atom stereocenters. The van der Waals surface area contributed by atoms with Crippen LogP contribution in [0.15, 0.2) is 0 Å². The van der Waals surface area contributed by atoms with Crippen molar-refractivity contribution in [1.82, 2.24) is 4.90 Å². The SMILES string of the molecule is CCC(O)C#CC#CN(C)C. The van der Waals surface area contributed by atoms with Crippen molar-refractivity contribution in [3.63, 3.8) is 0 Å². The van der Waals surface area contributed by atoms with Crippen molar-refractivity contribution >= 4 is 0 Å². The number of aliphatic hydroxyl groups excluding tert-OH is 1. The van der Waals surface area contributed by atoms with Gasteiger partial charge in [0.2, 0.25) is 0 Å². The first-order valence-electron chi connectivity index (χ1n) is 3.53. The zero-order chi connectivity index (χ0) is 8.69. The summed E-state index contributed by atoms with van der Waals surface area (Å²) in [6.45, 7) is 1.87. The maximum absolute atomic E-state index is 8.97. The maximum Gasteiger partial charge on any atom is 0.115 e. The van der Waals surface area contributed by atoms with Crippen molar-refractivity contribution in [1.29, 1.82) is 0 Å². The van der Waals surface area contributed by atoms with Crippen LogP contribution in [-0.2, 0) is 0 Å². The maximum atomic E-state index is 8.97. The predicted molar refractivity (Wildman–Crippen MR) is 45.5 cm³/mol. The van der Waals surface area contributed by atoms with Crippen LogP contribution in [-0.4, -0.2) is 30.2 Å². The van der Waals surface area contributed by atoms with Crippen molar-refractivity contribution in [3.8, 4) is 23.8 Å². The Morgan fingerprint density at radius 1 is 1.36 bits per heavy atom. The van der Waals surface area contributed by atoms with E-state index < -0.39 is 6.10 Å². The highest BCUT2D eigenvalue weighted by Gasteiger charge is 1.88. The van der Waals surface area contributed by atoms with Gasteiger partial charge in [0.1, 0.15) is 6.10 Å². The highest BCUT2D eigenvalue weighted by Crippen LogP contribution is 1.83. The molecule has 1 atom stereocenters. The van der Waals surface area contributed by atoms with Crippen molar-refractivity contribution in [2.75, 3.05) is 14.1 Å². The Hall–Kier alpha value is -1.12. The summed E-state index contributed by atoms with van der Waals surface area (Å²) < 4.78 is 0. The van der Waals surface area contributed by atoms with Crippen LogP contribution in [0.2, 0.25) is 0 Å². The summed E-state index contributed by atoms with van der Waals surface area (Å²) in [6.07, 6.45) is 0.114. The molecule has 0 radical (unpaired) electrons. The Bertz CT molecular complexity index is 211. The Morgan fingerprint density at radius 3 is 2.45 bits per heavy atom. The first kappa shape index (κ1) is 9.88. The van der Waals surface area contributed by atoms with Gasteiger partial charge in [0.15, 0.2) is 0 Å². The molecule has 1 N–H and O–H groups in total. The summed E-state index contributed by atoms with van der Waals surface area (Å²) in [6, 6.07) is 2.72. The molecule has 0 heterocycles. The van der Waals surface area contributed by atoms with Crippen LogP contribution in [0.3, 0.4) is 0 Å². The lowest BCUT2D eigenvalue weighted by Crippen LogP contribution is -2.01. The van der Waals surface area contributed by atoms with Gasteiger partial charge in [0, 0.05) is 26.1 Å². The van der Waals surface area contributed by atoms with E-state index in [-0.39, 0.29) is 0 Å². The molecule has 0 fully saturated rings. The highest BCUT2D eigenvalue weighted by atomic mass is 16.3. The van der Waals surface area contributed by atoms with E-state index in [4.69, 9.17) is 5.11 Å². The van der Waals surface area contributed by atoms with Crippen LogP contribution in [0.4, 0.5) is 0 Å². The largest absolute Gasteiger partial charge is 0.380 e. The second-order valence-corrected chi connectivity index (χ2v) is 2.32. The fourth-order valence-electron chi connectivity index (χ4n) is 0.361. The second kappa shape index (κ2) is 5.65. The molecule has 0 spiro atoms. The van der Waals surface area contributed by atoms with Gasteiger partial charge in [-0.05, 0) is 12.3 Å². The van der Waals surface area contributed by atoms with Crippen LogP contribution in [0.25, 0.3) is 0 Å². The van der Waals surface area contributed by atoms with Gasteiger partial charge in [-0.3, -0.25) is 0 Å². The topological polar surface area (TPSA) is 23.5 Å². The third-order valence-electron chi connectivity index (χ3n) is 0.967. The van der Waals surface area contributed by atoms with Gasteiger partial charge >= 0.3 is 0 Å². The molecule has 0 aromatic rings. The quantitative estimate of drug-likeness (QED) is 0.430. The fraction of sp³-hybridized carbons (Fsp3) is 0.556. The average molecular weight is 151 g/mol. The number of rotatable bonds is 1. The molecule has 0 amide bonds. The van der Waals surface area contributed by atoms with Gasteiger partial charge < -0.3 is 10.0 Å². The molecule has 0 aromatic heterocycles. The number of nitrogens with zero attached hydrogens (tertiary/aromatic N) is 1. The van der Waals surface area contributed by atoms with E-state index in [2.05, 4.69) is 23.8 Å². The van der Waals surface area contributed by atoms with Crippen molar-refractivity contribution in [2.45, 2.75) is 19.4 Å². The normalized spacial score (nSPS) is 10.2. The first-order valence-corrected chi connectivity index (χ1v) is 3.53. The Balaban J connectivity index is 3.83. The summed E-state index contributed by atoms with van der Waals surface area (Å²) in [7, 11) is 3.68. The Kier molecular flexibility index (Phi) is 5.07. The molecule has 2 nitrogen and oxygen atoms in total. The fourth-order valence-corrected chi connectivity index (χ4v) is 0.361. The van der Waals surface area contributed by atoms with E-state index in [9.17, 15) is 0 Å². The van der Waals surface area contributed by atoms with Crippen LogP contribution < -0.4 is 0 Å². The summed E-state index contributed by atoms with van der Waals surface area (Å²) in [5.41, 5.74) is 0. The zero-order valence-corrected chi connectivity index (χ0v) is 7.18. The van der Waals surface area contributed by atoms with E-state index in [0.717, 1.165) is 0 Å². The summed E-state index contributed by atoms with van der Waals surface area (Å²) in [4.78, 5) is 1.72. The van der Waals surface area contributed by atoms with Gasteiger partial charge in [-0.25, -0.2) is 0 Å². The number of aliphatic hydroxyl groups is 1. The van der Waals surface area contributed by atoms with Crippen molar-refractivity contribution in [3.05, 3.63) is 0 Å². The first-order chi connectivity index (χ1) is 5.16. The molecule has 0 saturated heterocycles. The predicted octanol–water partition coefficient (Wildman–Crippen LogP) is 0.283. The highest BCUT2D eigenvalue weighted by molar-refractivity contribution is 5.26. The molecular formula is C9H13NO. The standard InChI is InChI=1S/C9H13NO/c1-4-9(11)7-5-6-8-10(2)3/h9,11H,4H2,1-3H3. The van der Waals surface area contributed by atoms with Gasteiger partial charge in [0.25, 0.3) is 0 Å². The molecule has 0 rings (SSSR count). The van der Waals surface area contributed by atoms with Gasteiger partial charge in [-0.15, -0.1) is 0 Å². The van der Waals surface area contributed by atoms with Crippen LogP contribution in [0.1, 0.15) is 13.3 Å². The van der Waals surface area contributed by atoms with Gasteiger partial charge in [-0.1, -0.05) is 12.8 Å². The monoisotopic (exact) mass is 151 g/mol. The van der Waals surface area contributed by atoms with E-state index in [1.807, 2.05) is 21.0 Å². The van der Waals surface area contributed by atoms with E-state index in [1.54, 1.807) is 4.90 Å². The lowest BCUT2D eigenvalue weighted by molar-refractivity contribution is 0.228. The number of hydrogen-bond donors (Lipinski definition) is 1. The van der Waals surface area contributed by atoms with Crippen LogP contribution >= 0.6 is 0 Å². The third-order valence-corrected chi connectivity index (χ3v) is 0.967. The molecule has 0 aliphatic rings. The number of hydrogen-bond acceptors (Lipinski definition) is 2. The second-order valence-electron chi connectivity index (χ2n) is 2.32. The minimum Gasteiger partial charge on any atom is -0.380 e. The molecule has 0 aliphatic carbocycles. The lowest BCUT2D eigenvalue weighted by atomic mass is 10.3. The van der Waals surface area contributed by atoms with E-state index >= 15 is 0 Å². The van der Waals surface area contributed by atoms with Gasteiger partial charge in [0.05, 0.1) is 0 Å². The molecule has 2 heteroatoms. The summed E-state index contributed by atoms with van der Waals surface area (Å²) in [5, 5.41) is 8.97. The van der Waals surface area contributed by atoms with Crippen LogP contribution in [0, 0.1) is 23.8 Å². The van der Waals surface area contributed by atoms with Gasteiger partial charge in [-0.2, -0.15) is 0 Å². The molecule has 0 aromatic carbocycles. The molecule has 60 valence electrons. The Morgan fingerprint density at radius 2 is 2.00 bits per heavy atom. The Labute approximate surface area is 68.2 Å². The summed E-state index contributed by atoms with van der Waals surface area (Å²) >= 11 is 0. The summed E-state index contributed by atoms with van der Waals surface area (Å²) in [5.74, 6) is 7.76. The van der Waals surface area contributed by atoms with E-state index in [1.165, 1.54) is 0 Å². The van der Waals surface area contributed by atoms with E-state index in [0.29, 0.717) is 6.42 Å². The lowest BCUT2D eigenvalue weighted by Gasteiger charge is -1.95. The smallest absolute Gasteiger partial charge is 0.115 e. The molecule has 0 saturated carbocycles. The van der Waals surface area contributed by atoms with Crippen LogP contribution in [0.5, 0.6) is 0 Å². The average Bonchev–Trinajstić information content (AvgIpc) is 1.97. The molecular weight excluding hydrogens is 138 g/mol. The molecule has 11 heavy (non-hydrogen) atoms. The minimum atomic E-state index is -0.536. The molecule has 0 aliphatic heterocycles. The minimum absolute atomic E-state index is 0.536.